The Morgan fingerprint density at radius 3 is 2.23 bits per heavy atom. The molecule has 1 saturated heterocycles. The number of hydrogen-bond donors (Lipinski definition) is 4. The molecule has 0 bridgehead atoms. The van der Waals surface area contributed by atoms with E-state index in [1.165, 1.54) is 0 Å². The first-order valence-corrected chi connectivity index (χ1v) is 3.87. The van der Waals surface area contributed by atoms with E-state index in [9.17, 15) is 20.1 Å². The molecule has 0 aliphatic carbocycles. The number of ether oxygens (including phenoxy) is 1. The molecule has 1 rings (SSSR count). The van der Waals surface area contributed by atoms with Crippen LogP contribution in [0, 0.1) is 0 Å². The zero-order chi connectivity index (χ0) is 10.0. The number of rotatable bonds is 2. The summed E-state index contributed by atoms with van der Waals surface area (Å²) in [4.78, 5) is 10.3. The molecule has 5 atom stereocenters. The van der Waals surface area contributed by atoms with Gasteiger partial charge in [0, 0.05) is 0 Å². The molecule has 0 aromatic rings. The Morgan fingerprint density at radius 2 is 1.77 bits per heavy atom. The third-order valence-electron chi connectivity index (χ3n) is 2.06. The Hall–Kier alpha value is -0.530. The van der Waals surface area contributed by atoms with Gasteiger partial charge in [-0.1, -0.05) is 0 Å². The third kappa shape index (κ3) is 1.87. The van der Waals surface area contributed by atoms with Gasteiger partial charge in [0.25, 0.3) is 0 Å². The van der Waals surface area contributed by atoms with Gasteiger partial charge in [0.2, 0.25) is 0 Å². The van der Waals surface area contributed by atoms with Crippen LogP contribution in [0.2, 0.25) is 0 Å². The summed E-state index contributed by atoms with van der Waals surface area (Å²) in [5.74, 6) is 0. The lowest BCUT2D eigenvalue weighted by Crippen LogP contribution is -2.58. The van der Waals surface area contributed by atoms with Crippen molar-refractivity contribution >= 4 is 6.29 Å². The van der Waals surface area contributed by atoms with Crippen molar-refractivity contribution < 1.29 is 30.0 Å². The van der Waals surface area contributed by atoms with Crippen LogP contribution in [0.15, 0.2) is 0 Å². The van der Waals surface area contributed by atoms with Gasteiger partial charge in [-0.3, -0.25) is 0 Å². The normalized spacial score (nSPS) is 46.0. The van der Waals surface area contributed by atoms with Crippen molar-refractivity contribution in [3.63, 3.8) is 0 Å². The Kier molecular flexibility index (Phi) is 3.34. The maximum Gasteiger partial charge on any atom is 0.151 e. The predicted molar refractivity (Wildman–Crippen MR) is 39.8 cm³/mol. The van der Waals surface area contributed by atoms with Crippen LogP contribution in [0.25, 0.3) is 0 Å². The van der Waals surface area contributed by atoms with Gasteiger partial charge in [-0.15, -0.1) is 0 Å². The number of aliphatic hydroxyl groups excluding tert-OH is 4. The first-order chi connectivity index (χ1) is 6.11. The molecule has 0 spiro atoms. The Bertz CT molecular complexity index is 182. The van der Waals surface area contributed by atoms with Crippen LogP contribution in [0.3, 0.4) is 0 Å². The van der Waals surface area contributed by atoms with Gasteiger partial charge < -0.3 is 30.0 Å². The van der Waals surface area contributed by atoms with Crippen molar-refractivity contribution in [1.82, 2.24) is 0 Å². The number of aliphatic hydroxyl groups is 4. The molecule has 1 aliphatic heterocycles. The predicted octanol–water partition coefficient (Wildman–Crippen LogP) is -2.97. The first kappa shape index (κ1) is 10.6. The monoisotopic (exact) mass is 192 g/mol. The minimum atomic E-state index is -1.47. The number of carbonyl (C=O) groups excluding carboxylic acids is 1. The van der Waals surface area contributed by atoms with Gasteiger partial charge in [-0.25, -0.2) is 0 Å². The standard InChI is InChI=1S/C7H12O6/c8-1-3-5(10)7(12)6(11)4(2-9)13-3/h1,3-7,9-12H,2H2/t3-,4-,5-,6-,7-/m1/s1. The van der Waals surface area contributed by atoms with E-state index in [4.69, 9.17) is 9.84 Å². The molecule has 1 fully saturated rings. The molecule has 0 unspecified atom stereocenters. The van der Waals surface area contributed by atoms with Crippen molar-refractivity contribution in [2.75, 3.05) is 6.61 Å². The van der Waals surface area contributed by atoms with Crippen molar-refractivity contribution in [3.05, 3.63) is 0 Å². The van der Waals surface area contributed by atoms with E-state index in [1.807, 2.05) is 0 Å². The van der Waals surface area contributed by atoms with Crippen LogP contribution >= 0.6 is 0 Å². The minimum Gasteiger partial charge on any atom is -0.394 e. The minimum absolute atomic E-state index is 0.322. The fraction of sp³-hybridized carbons (Fsp3) is 0.857. The molecule has 0 aromatic carbocycles. The highest BCUT2D eigenvalue weighted by Crippen LogP contribution is 2.19. The average Bonchev–Trinajstić information content (AvgIpc) is 2.15. The van der Waals surface area contributed by atoms with Crippen molar-refractivity contribution in [3.8, 4) is 0 Å². The smallest absolute Gasteiger partial charge is 0.151 e. The van der Waals surface area contributed by atoms with Crippen LogP contribution in [0.4, 0.5) is 0 Å². The van der Waals surface area contributed by atoms with E-state index in [0.717, 1.165) is 0 Å². The van der Waals surface area contributed by atoms with Crippen LogP contribution < -0.4 is 0 Å². The summed E-state index contributed by atoms with van der Waals surface area (Å²) in [5.41, 5.74) is 0. The summed E-state index contributed by atoms with van der Waals surface area (Å²) < 4.78 is 4.80. The van der Waals surface area contributed by atoms with E-state index in [0.29, 0.717) is 6.29 Å². The summed E-state index contributed by atoms with van der Waals surface area (Å²) in [6.45, 7) is -0.519. The quantitative estimate of drug-likeness (QED) is 0.348. The van der Waals surface area contributed by atoms with Gasteiger partial charge in [-0.2, -0.15) is 0 Å². The van der Waals surface area contributed by atoms with Gasteiger partial charge >= 0.3 is 0 Å². The van der Waals surface area contributed by atoms with Crippen LogP contribution in [-0.4, -0.2) is 63.8 Å². The highest BCUT2D eigenvalue weighted by atomic mass is 16.5. The van der Waals surface area contributed by atoms with E-state index in [1.54, 1.807) is 0 Å². The molecule has 1 heterocycles. The molecule has 13 heavy (non-hydrogen) atoms. The SMILES string of the molecule is O=C[C@H]1O[C@H](CO)[C@@H](O)[C@H](O)[C@@H]1O. The second kappa shape index (κ2) is 4.12. The Morgan fingerprint density at radius 1 is 1.15 bits per heavy atom. The lowest BCUT2D eigenvalue weighted by Gasteiger charge is -2.37. The van der Waals surface area contributed by atoms with Gasteiger partial charge in [0.1, 0.15) is 30.5 Å². The van der Waals surface area contributed by atoms with Crippen LogP contribution in [-0.2, 0) is 9.53 Å². The van der Waals surface area contributed by atoms with Gasteiger partial charge in [0.15, 0.2) is 6.29 Å². The van der Waals surface area contributed by atoms with Crippen LogP contribution in [0.1, 0.15) is 0 Å². The maximum atomic E-state index is 10.3. The molecule has 4 N–H and O–H groups in total. The topological polar surface area (TPSA) is 107 Å². The van der Waals surface area contributed by atoms with Gasteiger partial charge in [0.05, 0.1) is 6.61 Å². The van der Waals surface area contributed by atoms with E-state index in [-0.39, 0.29) is 0 Å². The first-order valence-electron chi connectivity index (χ1n) is 3.87. The van der Waals surface area contributed by atoms with E-state index in [2.05, 4.69) is 0 Å². The number of carbonyl (C=O) groups is 1. The molecule has 0 aromatic heterocycles. The molecule has 0 saturated carbocycles. The lowest BCUT2D eigenvalue weighted by atomic mass is 9.96. The Labute approximate surface area is 74.4 Å². The molecule has 76 valence electrons. The second-order valence-corrected chi connectivity index (χ2v) is 2.93. The zero-order valence-electron chi connectivity index (χ0n) is 6.78. The zero-order valence-corrected chi connectivity index (χ0v) is 6.78. The van der Waals surface area contributed by atoms with E-state index < -0.39 is 37.1 Å². The molecule has 6 heteroatoms. The highest BCUT2D eigenvalue weighted by Gasteiger charge is 2.43. The van der Waals surface area contributed by atoms with E-state index >= 15 is 0 Å². The summed E-state index contributed by atoms with van der Waals surface area (Å²) >= 11 is 0. The summed E-state index contributed by atoms with van der Waals surface area (Å²) in [5, 5.41) is 36.3. The van der Waals surface area contributed by atoms with Gasteiger partial charge in [-0.05, 0) is 0 Å². The van der Waals surface area contributed by atoms with Crippen molar-refractivity contribution in [2.45, 2.75) is 30.5 Å². The maximum absolute atomic E-state index is 10.3. The fourth-order valence-corrected chi connectivity index (χ4v) is 1.24. The number of aldehydes is 1. The third-order valence-corrected chi connectivity index (χ3v) is 2.06. The molecule has 0 amide bonds. The molecular formula is C7H12O6. The fourth-order valence-electron chi connectivity index (χ4n) is 1.24. The van der Waals surface area contributed by atoms with Crippen LogP contribution in [0.5, 0.6) is 0 Å². The van der Waals surface area contributed by atoms with Crippen molar-refractivity contribution in [1.29, 1.82) is 0 Å². The second-order valence-electron chi connectivity index (χ2n) is 2.93. The lowest BCUT2D eigenvalue weighted by molar-refractivity contribution is -0.221. The number of hydrogen-bond acceptors (Lipinski definition) is 6. The summed E-state index contributed by atoms with van der Waals surface area (Å²) in [6.07, 6.45) is -6.21. The molecule has 0 radical (unpaired) electrons. The van der Waals surface area contributed by atoms with Crippen molar-refractivity contribution in [2.24, 2.45) is 0 Å². The largest absolute Gasteiger partial charge is 0.394 e. The molecular weight excluding hydrogens is 180 g/mol. The summed E-state index contributed by atoms with van der Waals surface area (Å²) in [6, 6.07) is 0. The molecule has 6 nitrogen and oxygen atoms in total. The summed E-state index contributed by atoms with van der Waals surface area (Å²) in [7, 11) is 0. The highest BCUT2D eigenvalue weighted by molar-refractivity contribution is 5.57. The molecule has 1 aliphatic rings. The Balaban J connectivity index is 2.71. The average molecular weight is 192 g/mol.